The molecule has 0 radical (unpaired) electrons. The SMILES string of the molecule is CCC(C)N(CC)C(=O)N[C@H](CCO)C(=O)O. The van der Waals surface area contributed by atoms with Gasteiger partial charge >= 0.3 is 12.0 Å². The van der Waals surface area contributed by atoms with Crippen molar-refractivity contribution in [2.24, 2.45) is 0 Å². The van der Waals surface area contributed by atoms with Crippen molar-refractivity contribution in [3.8, 4) is 0 Å². The van der Waals surface area contributed by atoms with E-state index in [1.807, 2.05) is 20.8 Å². The van der Waals surface area contributed by atoms with Crippen LogP contribution in [0.4, 0.5) is 4.79 Å². The quantitative estimate of drug-likeness (QED) is 0.615. The Bertz CT molecular complexity index is 258. The molecule has 0 saturated heterocycles. The van der Waals surface area contributed by atoms with Gasteiger partial charge in [-0.15, -0.1) is 0 Å². The first-order valence-corrected chi connectivity index (χ1v) is 5.88. The summed E-state index contributed by atoms with van der Waals surface area (Å²) in [5.74, 6) is -1.13. The summed E-state index contributed by atoms with van der Waals surface area (Å²) in [4.78, 5) is 24.2. The number of nitrogens with zero attached hydrogens (tertiary/aromatic N) is 1. The van der Waals surface area contributed by atoms with Crippen LogP contribution >= 0.6 is 0 Å². The second kappa shape index (κ2) is 7.89. The second-order valence-electron chi connectivity index (χ2n) is 3.90. The highest BCUT2D eigenvalue weighted by Gasteiger charge is 2.23. The third kappa shape index (κ3) is 5.04. The highest BCUT2D eigenvalue weighted by atomic mass is 16.4. The van der Waals surface area contributed by atoms with Gasteiger partial charge in [0.25, 0.3) is 0 Å². The standard InChI is InChI=1S/C11H22N2O4/c1-4-8(3)13(5-2)11(17)12-9(6-7-14)10(15)16/h8-9,14H,4-7H2,1-3H3,(H,12,17)(H,15,16)/t8?,9-/m1/s1. The molecular formula is C11H22N2O4. The van der Waals surface area contributed by atoms with Gasteiger partial charge in [0.1, 0.15) is 6.04 Å². The van der Waals surface area contributed by atoms with Crippen LogP contribution in [0.25, 0.3) is 0 Å². The molecule has 0 aromatic carbocycles. The summed E-state index contributed by atoms with van der Waals surface area (Å²) in [5.41, 5.74) is 0. The summed E-state index contributed by atoms with van der Waals surface area (Å²) in [6, 6.07) is -1.38. The second-order valence-corrected chi connectivity index (χ2v) is 3.90. The van der Waals surface area contributed by atoms with Gasteiger partial charge in [0.05, 0.1) is 0 Å². The van der Waals surface area contributed by atoms with Crippen molar-refractivity contribution in [1.82, 2.24) is 10.2 Å². The lowest BCUT2D eigenvalue weighted by Crippen LogP contribution is -2.50. The third-order valence-electron chi connectivity index (χ3n) is 2.74. The van der Waals surface area contributed by atoms with Gasteiger partial charge in [-0.2, -0.15) is 0 Å². The van der Waals surface area contributed by atoms with Crippen LogP contribution in [0.15, 0.2) is 0 Å². The number of aliphatic carboxylic acids is 1. The molecule has 0 bridgehead atoms. The van der Waals surface area contributed by atoms with E-state index in [-0.39, 0.29) is 19.1 Å². The maximum Gasteiger partial charge on any atom is 0.326 e. The van der Waals surface area contributed by atoms with Crippen molar-refractivity contribution < 1.29 is 19.8 Å². The van der Waals surface area contributed by atoms with Crippen LogP contribution in [0, 0.1) is 0 Å². The fourth-order valence-corrected chi connectivity index (χ4v) is 1.49. The Hall–Kier alpha value is -1.30. The number of hydrogen-bond acceptors (Lipinski definition) is 3. The number of carbonyl (C=O) groups is 2. The number of rotatable bonds is 7. The topological polar surface area (TPSA) is 89.9 Å². The van der Waals surface area contributed by atoms with Gasteiger partial charge in [0.15, 0.2) is 0 Å². The van der Waals surface area contributed by atoms with Crippen molar-refractivity contribution in [3.05, 3.63) is 0 Å². The highest BCUT2D eigenvalue weighted by molar-refractivity contribution is 5.82. The maximum absolute atomic E-state index is 11.8. The Kier molecular flexibility index (Phi) is 7.29. The monoisotopic (exact) mass is 246 g/mol. The largest absolute Gasteiger partial charge is 0.480 e. The normalized spacial score (nSPS) is 13.9. The fourth-order valence-electron chi connectivity index (χ4n) is 1.49. The zero-order valence-electron chi connectivity index (χ0n) is 10.6. The lowest BCUT2D eigenvalue weighted by Gasteiger charge is -2.28. The molecule has 2 atom stereocenters. The highest BCUT2D eigenvalue weighted by Crippen LogP contribution is 2.04. The Morgan fingerprint density at radius 3 is 2.29 bits per heavy atom. The molecule has 0 aliphatic rings. The Labute approximate surface area is 102 Å². The summed E-state index contributed by atoms with van der Waals surface area (Å²) >= 11 is 0. The predicted molar refractivity (Wildman–Crippen MR) is 63.8 cm³/mol. The van der Waals surface area contributed by atoms with E-state index in [0.717, 1.165) is 6.42 Å². The first kappa shape index (κ1) is 15.7. The number of aliphatic hydroxyl groups excluding tert-OH is 1. The molecule has 0 saturated carbocycles. The number of carbonyl (C=O) groups excluding carboxylic acids is 1. The number of urea groups is 1. The molecule has 0 spiro atoms. The smallest absolute Gasteiger partial charge is 0.326 e. The van der Waals surface area contributed by atoms with Crippen LogP contribution in [0.2, 0.25) is 0 Å². The summed E-state index contributed by atoms with van der Waals surface area (Å²) < 4.78 is 0. The Balaban J connectivity index is 4.51. The third-order valence-corrected chi connectivity index (χ3v) is 2.74. The van der Waals surface area contributed by atoms with Crippen molar-refractivity contribution in [3.63, 3.8) is 0 Å². The van der Waals surface area contributed by atoms with Gasteiger partial charge < -0.3 is 20.4 Å². The van der Waals surface area contributed by atoms with E-state index < -0.39 is 18.0 Å². The van der Waals surface area contributed by atoms with Crippen LogP contribution in [-0.4, -0.2) is 52.3 Å². The predicted octanol–water partition coefficient (Wildman–Crippen LogP) is 0.652. The molecule has 0 aliphatic heterocycles. The van der Waals surface area contributed by atoms with Crippen molar-refractivity contribution >= 4 is 12.0 Å². The average molecular weight is 246 g/mol. The average Bonchev–Trinajstić information content (AvgIpc) is 2.28. The maximum atomic E-state index is 11.8. The van der Waals surface area contributed by atoms with E-state index in [0.29, 0.717) is 6.54 Å². The minimum absolute atomic E-state index is 0.0130. The van der Waals surface area contributed by atoms with Crippen LogP contribution in [0.1, 0.15) is 33.6 Å². The summed E-state index contributed by atoms with van der Waals surface area (Å²) in [6.45, 7) is 5.96. The van der Waals surface area contributed by atoms with Crippen LogP contribution in [0.5, 0.6) is 0 Å². The Morgan fingerprint density at radius 1 is 1.35 bits per heavy atom. The van der Waals surface area contributed by atoms with Gasteiger partial charge in [-0.3, -0.25) is 0 Å². The minimum Gasteiger partial charge on any atom is -0.480 e. The fraction of sp³-hybridized carbons (Fsp3) is 0.818. The molecule has 6 nitrogen and oxygen atoms in total. The Morgan fingerprint density at radius 2 is 1.94 bits per heavy atom. The molecule has 0 rings (SSSR count). The number of nitrogens with one attached hydrogen (secondary N) is 1. The van der Waals surface area contributed by atoms with E-state index in [2.05, 4.69) is 5.32 Å². The molecule has 0 aromatic heterocycles. The lowest BCUT2D eigenvalue weighted by atomic mass is 10.2. The van der Waals surface area contributed by atoms with Crippen LogP contribution in [0.3, 0.4) is 0 Å². The molecule has 2 amide bonds. The van der Waals surface area contributed by atoms with E-state index in [9.17, 15) is 9.59 Å². The van der Waals surface area contributed by atoms with Gasteiger partial charge in [-0.05, 0) is 20.3 Å². The van der Waals surface area contributed by atoms with E-state index >= 15 is 0 Å². The van der Waals surface area contributed by atoms with Crippen molar-refractivity contribution in [1.29, 1.82) is 0 Å². The molecule has 3 N–H and O–H groups in total. The van der Waals surface area contributed by atoms with Crippen molar-refractivity contribution in [2.75, 3.05) is 13.2 Å². The molecule has 1 unspecified atom stereocenters. The van der Waals surface area contributed by atoms with Crippen LogP contribution in [-0.2, 0) is 4.79 Å². The zero-order valence-corrected chi connectivity index (χ0v) is 10.6. The molecule has 0 aromatic rings. The molecule has 100 valence electrons. The van der Waals surface area contributed by atoms with E-state index in [4.69, 9.17) is 10.2 Å². The van der Waals surface area contributed by atoms with Gasteiger partial charge in [-0.1, -0.05) is 6.92 Å². The lowest BCUT2D eigenvalue weighted by molar-refractivity contribution is -0.139. The molecule has 17 heavy (non-hydrogen) atoms. The van der Waals surface area contributed by atoms with E-state index in [1.165, 1.54) is 0 Å². The molecule has 0 aliphatic carbocycles. The van der Waals surface area contributed by atoms with E-state index in [1.54, 1.807) is 4.90 Å². The first-order valence-electron chi connectivity index (χ1n) is 5.88. The van der Waals surface area contributed by atoms with Gasteiger partial charge in [0.2, 0.25) is 0 Å². The number of carboxylic acids is 1. The first-order chi connectivity index (χ1) is 7.97. The molecule has 6 heteroatoms. The number of hydrogen-bond donors (Lipinski definition) is 3. The number of carboxylic acid groups (broad SMARTS) is 1. The summed E-state index contributed by atoms with van der Waals surface area (Å²) in [6.07, 6.45) is 0.818. The van der Waals surface area contributed by atoms with Crippen LogP contribution < -0.4 is 5.32 Å². The van der Waals surface area contributed by atoms with Crippen molar-refractivity contribution in [2.45, 2.75) is 45.7 Å². The molecular weight excluding hydrogens is 224 g/mol. The summed E-state index contributed by atoms with van der Waals surface area (Å²) in [7, 11) is 0. The molecule has 0 fully saturated rings. The van der Waals surface area contributed by atoms with Gasteiger partial charge in [-0.25, -0.2) is 9.59 Å². The zero-order chi connectivity index (χ0) is 13.4. The molecule has 0 heterocycles. The number of aliphatic hydroxyl groups is 1. The summed E-state index contributed by atoms with van der Waals surface area (Å²) in [5, 5.41) is 20.0. The van der Waals surface area contributed by atoms with Gasteiger partial charge in [0, 0.05) is 25.6 Å². The minimum atomic E-state index is -1.13. The number of amides is 2.